The molecule has 3 N–H and O–H groups in total. The molecule has 2 aromatic carbocycles. The number of aryl methyl sites for hydroxylation is 1. The molecule has 0 radical (unpaired) electrons. The zero-order valence-electron chi connectivity index (χ0n) is 20.8. The highest BCUT2D eigenvalue weighted by molar-refractivity contribution is 5.98. The van der Waals surface area contributed by atoms with Gasteiger partial charge in [-0.3, -0.25) is 19.9 Å². The van der Waals surface area contributed by atoms with Crippen LogP contribution in [0.5, 0.6) is 0 Å². The SMILES string of the molecule is CCCC(=O)Nc1cncc(-c2ccc3[nH]nc(-c4nc5c(-c6cc(C)cc(F)c6)nccc5[nH]4)c3c2)c1. The molecule has 0 unspecified atom stereocenters. The fraction of sp³-hybridized carbons (Fsp3) is 0.138. The van der Waals surface area contributed by atoms with Crippen molar-refractivity contribution in [1.82, 2.24) is 30.1 Å². The van der Waals surface area contributed by atoms with Gasteiger partial charge in [0.1, 0.15) is 17.0 Å². The molecule has 0 atom stereocenters. The van der Waals surface area contributed by atoms with Crippen LogP contribution in [0.4, 0.5) is 10.1 Å². The van der Waals surface area contributed by atoms with Gasteiger partial charge in [-0.05, 0) is 66.9 Å². The van der Waals surface area contributed by atoms with Crippen LogP contribution in [-0.2, 0) is 4.79 Å². The van der Waals surface area contributed by atoms with E-state index < -0.39 is 0 Å². The van der Waals surface area contributed by atoms with Crippen LogP contribution in [0.25, 0.3) is 55.8 Å². The molecule has 0 bridgehead atoms. The summed E-state index contributed by atoms with van der Waals surface area (Å²) < 4.78 is 14.1. The van der Waals surface area contributed by atoms with E-state index in [2.05, 4.69) is 30.5 Å². The quantitative estimate of drug-likeness (QED) is 0.242. The largest absolute Gasteiger partial charge is 0.336 e. The highest BCUT2D eigenvalue weighted by atomic mass is 19.1. The van der Waals surface area contributed by atoms with Crippen LogP contribution < -0.4 is 5.32 Å². The second-order valence-electron chi connectivity index (χ2n) is 9.25. The minimum absolute atomic E-state index is 0.0360. The Hall–Kier alpha value is -4.92. The summed E-state index contributed by atoms with van der Waals surface area (Å²) in [4.78, 5) is 29.0. The van der Waals surface area contributed by atoms with Crippen molar-refractivity contribution in [1.29, 1.82) is 0 Å². The maximum absolute atomic E-state index is 14.1. The number of aromatic amines is 2. The number of fused-ring (bicyclic) bond motifs is 2. The van der Waals surface area contributed by atoms with Gasteiger partial charge in [0.15, 0.2) is 5.82 Å². The summed E-state index contributed by atoms with van der Waals surface area (Å²) in [6, 6.07) is 14.5. The number of halogens is 1. The predicted octanol–water partition coefficient (Wildman–Crippen LogP) is 6.42. The summed E-state index contributed by atoms with van der Waals surface area (Å²) in [5, 5.41) is 11.4. The molecule has 4 aromatic heterocycles. The number of aromatic nitrogens is 6. The lowest BCUT2D eigenvalue weighted by Gasteiger charge is -2.07. The van der Waals surface area contributed by atoms with E-state index in [4.69, 9.17) is 4.98 Å². The van der Waals surface area contributed by atoms with Gasteiger partial charge in [0.25, 0.3) is 0 Å². The van der Waals surface area contributed by atoms with Crippen LogP contribution in [-0.4, -0.2) is 36.0 Å². The van der Waals surface area contributed by atoms with Crippen LogP contribution in [0.1, 0.15) is 25.3 Å². The van der Waals surface area contributed by atoms with E-state index in [9.17, 15) is 9.18 Å². The van der Waals surface area contributed by atoms with E-state index in [-0.39, 0.29) is 11.7 Å². The molecule has 0 aliphatic carbocycles. The number of anilines is 1. The Labute approximate surface area is 217 Å². The van der Waals surface area contributed by atoms with E-state index in [0.717, 1.165) is 39.5 Å². The first-order valence-corrected chi connectivity index (χ1v) is 12.3. The lowest BCUT2D eigenvalue weighted by molar-refractivity contribution is -0.116. The average molecular weight is 506 g/mol. The van der Waals surface area contributed by atoms with Crippen molar-refractivity contribution in [3.63, 3.8) is 0 Å². The van der Waals surface area contributed by atoms with Crippen LogP contribution in [0.2, 0.25) is 0 Å². The number of imidazole rings is 1. The van der Waals surface area contributed by atoms with Crippen molar-refractivity contribution in [2.75, 3.05) is 5.32 Å². The molecular formula is C29H24FN7O. The monoisotopic (exact) mass is 505 g/mol. The summed E-state index contributed by atoms with van der Waals surface area (Å²) in [6.07, 6.45) is 6.32. The van der Waals surface area contributed by atoms with E-state index in [1.807, 2.05) is 50.2 Å². The second-order valence-corrected chi connectivity index (χ2v) is 9.25. The van der Waals surface area contributed by atoms with Crippen LogP contribution in [0, 0.1) is 12.7 Å². The topological polar surface area (TPSA) is 112 Å². The minimum atomic E-state index is -0.316. The molecule has 4 heterocycles. The molecule has 6 rings (SSSR count). The van der Waals surface area contributed by atoms with Gasteiger partial charge in [0, 0.05) is 35.3 Å². The Kier molecular flexibility index (Phi) is 5.88. The van der Waals surface area contributed by atoms with E-state index in [0.29, 0.717) is 40.4 Å². The normalized spacial score (nSPS) is 11.3. The van der Waals surface area contributed by atoms with Gasteiger partial charge in [0.2, 0.25) is 5.91 Å². The molecule has 0 aliphatic heterocycles. The number of hydrogen-bond acceptors (Lipinski definition) is 5. The molecular weight excluding hydrogens is 481 g/mol. The Morgan fingerprint density at radius 3 is 2.71 bits per heavy atom. The Balaban J connectivity index is 1.41. The van der Waals surface area contributed by atoms with Gasteiger partial charge in [0.05, 0.1) is 28.6 Å². The number of amides is 1. The first-order valence-electron chi connectivity index (χ1n) is 12.3. The number of rotatable bonds is 6. The van der Waals surface area contributed by atoms with Crippen molar-refractivity contribution in [2.45, 2.75) is 26.7 Å². The summed E-state index contributed by atoms with van der Waals surface area (Å²) in [5.41, 5.74) is 7.43. The molecule has 0 fully saturated rings. The maximum Gasteiger partial charge on any atom is 0.224 e. The Bertz CT molecular complexity index is 1800. The summed E-state index contributed by atoms with van der Waals surface area (Å²) in [5.74, 6) is 0.222. The standard InChI is InChI=1S/C29H24FN7O/c1-3-4-25(38)33-21-12-19(14-31-15-21)17-5-6-23-22(13-17)27(37-36-23)29-34-24-7-8-32-26(28(24)35-29)18-9-16(2)10-20(30)11-18/h5-15H,3-4H2,1-2H3,(H,33,38)(H,34,35)(H,36,37). The highest BCUT2D eigenvalue weighted by Crippen LogP contribution is 2.33. The molecule has 1 amide bonds. The van der Waals surface area contributed by atoms with Crippen molar-refractivity contribution < 1.29 is 9.18 Å². The third-order valence-corrected chi connectivity index (χ3v) is 6.34. The molecule has 6 aromatic rings. The summed E-state index contributed by atoms with van der Waals surface area (Å²) >= 11 is 0. The Morgan fingerprint density at radius 1 is 0.974 bits per heavy atom. The third-order valence-electron chi connectivity index (χ3n) is 6.34. The summed E-state index contributed by atoms with van der Waals surface area (Å²) in [6.45, 7) is 3.81. The number of H-pyrrole nitrogens is 2. The molecule has 0 spiro atoms. The average Bonchev–Trinajstić information content (AvgIpc) is 3.52. The van der Waals surface area contributed by atoms with E-state index in [1.54, 1.807) is 18.6 Å². The van der Waals surface area contributed by atoms with Gasteiger partial charge in [-0.25, -0.2) is 9.37 Å². The van der Waals surface area contributed by atoms with Crippen molar-refractivity contribution in [3.05, 3.63) is 78.5 Å². The van der Waals surface area contributed by atoms with Crippen molar-refractivity contribution >= 4 is 33.5 Å². The van der Waals surface area contributed by atoms with Crippen molar-refractivity contribution in [3.8, 4) is 33.9 Å². The Morgan fingerprint density at radius 2 is 1.87 bits per heavy atom. The molecule has 8 nitrogen and oxygen atoms in total. The van der Waals surface area contributed by atoms with E-state index in [1.165, 1.54) is 12.1 Å². The molecule has 0 saturated heterocycles. The first-order chi connectivity index (χ1) is 18.5. The fourth-order valence-electron chi connectivity index (χ4n) is 4.62. The number of carbonyl (C=O) groups excluding carboxylic acids is 1. The zero-order valence-corrected chi connectivity index (χ0v) is 20.8. The van der Waals surface area contributed by atoms with Gasteiger partial charge < -0.3 is 10.3 Å². The van der Waals surface area contributed by atoms with Crippen LogP contribution >= 0.6 is 0 Å². The lowest BCUT2D eigenvalue weighted by Crippen LogP contribution is -2.10. The van der Waals surface area contributed by atoms with Crippen molar-refractivity contribution in [2.24, 2.45) is 0 Å². The number of nitrogens with zero attached hydrogens (tertiary/aromatic N) is 4. The molecule has 188 valence electrons. The smallest absolute Gasteiger partial charge is 0.224 e. The minimum Gasteiger partial charge on any atom is -0.336 e. The fourth-order valence-corrected chi connectivity index (χ4v) is 4.62. The number of benzene rings is 2. The molecule has 38 heavy (non-hydrogen) atoms. The van der Waals surface area contributed by atoms with Crippen LogP contribution in [0.15, 0.2) is 67.1 Å². The number of pyridine rings is 2. The van der Waals surface area contributed by atoms with Gasteiger partial charge >= 0.3 is 0 Å². The lowest BCUT2D eigenvalue weighted by atomic mass is 10.0. The molecule has 9 heteroatoms. The number of hydrogen-bond donors (Lipinski definition) is 3. The predicted molar refractivity (Wildman–Crippen MR) is 146 cm³/mol. The van der Waals surface area contributed by atoms with Crippen LogP contribution in [0.3, 0.4) is 0 Å². The van der Waals surface area contributed by atoms with Gasteiger partial charge in [-0.2, -0.15) is 5.10 Å². The first kappa shape index (κ1) is 23.5. The zero-order chi connectivity index (χ0) is 26.2. The number of nitrogens with one attached hydrogen (secondary N) is 3. The van der Waals surface area contributed by atoms with E-state index >= 15 is 0 Å². The van der Waals surface area contributed by atoms with Gasteiger partial charge in [-0.1, -0.05) is 13.0 Å². The molecule has 0 aliphatic rings. The maximum atomic E-state index is 14.1. The molecule has 0 saturated carbocycles. The second kappa shape index (κ2) is 9.51. The van der Waals surface area contributed by atoms with Gasteiger partial charge in [-0.15, -0.1) is 0 Å². The summed E-state index contributed by atoms with van der Waals surface area (Å²) in [7, 11) is 0. The number of carbonyl (C=O) groups is 1. The third kappa shape index (κ3) is 4.39. The highest BCUT2D eigenvalue weighted by Gasteiger charge is 2.17.